The van der Waals surface area contributed by atoms with Crippen molar-refractivity contribution in [3.8, 4) is 0 Å². The van der Waals surface area contributed by atoms with Crippen LogP contribution in [0.25, 0.3) is 0 Å². The number of esters is 2. The molecule has 3 aliphatic heterocycles. The van der Waals surface area contributed by atoms with Crippen molar-refractivity contribution in [2.24, 2.45) is 11.7 Å². The van der Waals surface area contributed by atoms with Crippen molar-refractivity contribution >= 4 is 11.9 Å². The monoisotopic (exact) mass is 521 g/mol. The number of quaternary nitrogens is 1. The third-order valence-corrected chi connectivity index (χ3v) is 9.15. The first kappa shape index (κ1) is 26.9. The molecule has 3 saturated heterocycles. The summed E-state index contributed by atoms with van der Waals surface area (Å²) in [6.07, 6.45) is 6.65. The minimum atomic E-state index is -1.58. The lowest BCUT2D eigenvalue weighted by Gasteiger charge is -2.47. The maximum Gasteiger partial charge on any atom is 0.348 e. The number of carbonyl (C=O) groups excluding carboxylic acids is 2. The Morgan fingerprint density at radius 1 is 0.921 bits per heavy atom. The molecular formula is C31H41N2O5+. The van der Waals surface area contributed by atoms with Gasteiger partial charge in [-0.25, -0.2) is 4.79 Å². The number of ether oxygens (including phenoxy) is 3. The third kappa shape index (κ3) is 4.88. The van der Waals surface area contributed by atoms with Crippen LogP contribution in [0, 0.1) is 5.92 Å². The van der Waals surface area contributed by atoms with E-state index in [1.165, 1.54) is 43.3 Å². The fraction of sp³-hybridized carbons (Fsp3) is 0.548. The number of hydrogen-bond donors (Lipinski definition) is 1. The summed E-state index contributed by atoms with van der Waals surface area (Å²) in [6.45, 7) is 5.82. The second-order valence-corrected chi connectivity index (χ2v) is 11.5. The van der Waals surface area contributed by atoms with Gasteiger partial charge < -0.3 is 24.4 Å². The van der Waals surface area contributed by atoms with Gasteiger partial charge in [-0.3, -0.25) is 4.79 Å². The van der Waals surface area contributed by atoms with Gasteiger partial charge in [-0.1, -0.05) is 74.5 Å². The van der Waals surface area contributed by atoms with E-state index < -0.39 is 30.4 Å². The molecule has 204 valence electrons. The lowest BCUT2D eigenvalue weighted by atomic mass is 9.85. The van der Waals surface area contributed by atoms with Crippen molar-refractivity contribution in [2.75, 3.05) is 19.9 Å². The minimum Gasteiger partial charge on any atom is -0.459 e. The first-order chi connectivity index (χ1) is 18.4. The number of benzene rings is 2. The van der Waals surface area contributed by atoms with Gasteiger partial charge >= 0.3 is 11.9 Å². The van der Waals surface area contributed by atoms with Gasteiger partial charge in [-0.2, -0.15) is 0 Å². The van der Waals surface area contributed by atoms with Crippen LogP contribution in [0.1, 0.15) is 63.5 Å². The molecule has 2 bridgehead atoms. The summed E-state index contributed by atoms with van der Waals surface area (Å²) < 4.78 is 19.3. The van der Waals surface area contributed by atoms with Gasteiger partial charge in [0.2, 0.25) is 5.60 Å². The summed E-state index contributed by atoms with van der Waals surface area (Å²) in [6, 6.07) is 19.0. The fourth-order valence-electron chi connectivity index (χ4n) is 7.06. The normalized spacial score (nSPS) is 24.9. The summed E-state index contributed by atoms with van der Waals surface area (Å²) >= 11 is 0. The number of rotatable bonds is 9. The van der Waals surface area contributed by atoms with Gasteiger partial charge in [0.15, 0.2) is 6.79 Å². The van der Waals surface area contributed by atoms with Crippen LogP contribution in [0.4, 0.5) is 0 Å². The molecule has 5 rings (SSSR count). The van der Waals surface area contributed by atoms with E-state index in [1.807, 2.05) is 74.5 Å². The Hall–Kier alpha value is -2.74. The van der Waals surface area contributed by atoms with Crippen molar-refractivity contribution in [3.05, 3.63) is 71.8 Å². The van der Waals surface area contributed by atoms with E-state index >= 15 is 0 Å². The minimum absolute atomic E-state index is 0.0799. The fourth-order valence-corrected chi connectivity index (χ4v) is 7.06. The van der Waals surface area contributed by atoms with E-state index in [4.69, 9.17) is 19.9 Å². The average Bonchev–Trinajstić information content (AvgIpc) is 3.48. The van der Waals surface area contributed by atoms with Gasteiger partial charge in [0.05, 0.1) is 25.2 Å². The van der Waals surface area contributed by atoms with Gasteiger partial charge in [0.1, 0.15) is 12.1 Å². The number of carbonyl (C=O) groups is 2. The molecule has 7 nitrogen and oxygen atoms in total. The zero-order chi connectivity index (χ0) is 26.8. The highest BCUT2D eigenvalue weighted by Crippen LogP contribution is 2.47. The molecule has 0 amide bonds. The Labute approximate surface area is 225 Å². The Balaban J connectivity index is 1.42. The van der Waals surface area contributed by atoms with E-state index in [2.05, 4.69) is 0 Å². The molecule has 7 heteroatoms. The molecule has 2 aromatic rings. The van der Waals surface area contributed by atoms with E-state index in [-0.39, 0.29) is 12.0 Å². The molecule has 0 aromatic heterocycles. The van der Waals surface area contributed by atoms with Crippen LogP contribution in [-0.4, -0.2) is 60.5 Å². The molecule has 2 aromatic carbocycles. The van der Waals surface area contributed by atoms with Gasteiger partial charge in [0.25, 0.3) is 0 Å². The Morgan fingerprint density at radius 3 is 1.95 bits per heavy atom. The number of piperidine rings is 1. The van der Waals surface area contributed by atoms with E-state index in [0.717, 1.165) is 12.8 Å². The lowest BCUT2D eigenvalue weighted by Crippen LogP contribution is -2.60. The van der Waals surface area contributed by atoms with Crippen LogP contribution in [0.2, 0.25) is 0 Å². The highest BCUT2D eigenvalue weighted by molar-refractivity contribution is 5.86. The summed E-state index contributed by atoms with van der Waals surface area (Å²) in [5, 5.41) is 0. The summed E-state index contributed by atoms with van der Waals surface area (Å²) in [4.78, 5) is 26.8. The number of nitrogens with zero attached hydrogens (tertiary/aromatic N) is 1. The molecule has 3 heterocycles. The van der Waals surface area contributed by atoms with Crippen molar-refractivity contribution < 1.29 is 28.3 Å². The topological polar surface area (TPSA) is 87.9 Å². The molecule has 0 saturated carbocycles. The van der Waals surface area contributed by atoms with E-state index in [9.17, 15) is 9.59 Å². The van der Waals surface area contributed by atoms with Gasteiger partial charge in [-0.15, -0.1) is 0 Å². The molecule has 1 spiro atoms. The third-order valence-electron chi connectivity index (χ3n) is 9.15. The Morgan fingerprint density at radius 2 is 1.45 bits per heavy atom. The molecule has 3 fully saturated rings. The van der Waals surface area contributed by atoms with Crippen LogP contribution in [-0.2, 0) is 29.4 Å². The molecule has 2 N–H and O–H groups in total. The molecule has 0 radical (unpaired) electrons. The predicted octanol–water partition coefficient (Wildman–Crippen LogP) is 4.28. The second kappa shape index (κ2) is 11.2. The molecule has 3 atom stereocenters. The highest BCUT2D eigenvalue weighted by Gasteiger charge is 2.57. The van der Waals surface area contributed by atoms with Crippen molar-refractivity contribution in [1.82, 2.24) is 0 Å². The van der Waals surface area contributed by atoms with Gasteiger partial charge in [-0.05, 0) is 17.0 Å². The number of hydrogen-bond acceptors (Lipinski definition) is 6. The molecule has 38 heavy (non-hydrogen) atoms. The quantitative estimate of drug-likeness (QED) is 0.301. The standard InChI is InChI=1S/C31H41N2O5/c1-22(2)28(32)29(34)36-21-37-31(23-11-5-3-6-12-23,24-13-7-4-8-14-24)30(35)38-27-19-25-15-16-26(20-27)33(25)17-9-10-18-33/h3-8,11-14,22,25-28H,9-10,15-21,32H2,1-2H3/q+1. The van der Waals surface area contributed by atoms with Crippen molar-refractivity contribution in [2.45, 2.75) is 82.2 Å². The highest BCUT2D eigenvalue weighted by atomic mass is 16.7. The SMILES string of the molecule is CC(C)C(N)C(=O)OCOC(C(=O)OC1CC2CCC(C1)[N+]21CCCC1)(c1ccccc1)c1ccccc1. The van der Waals surface area contributed by atoms with E-state index in [0.29, 0.717) is 23.2 Å². The zero-order valence-electron chi connectivity index (χ0n) is 22.6. The van der Waals surface area contributed by atoms with Crippen LogP contribution < -0.4 is 5.73 Å². The summed E-state index contributed by atoms with van der Waals surface area (Å²) in [7, 11) is 0. The Bertz CT molecular complexity index is 1040. The second-order valence-electron chi connectivity index (χ2n) is 11.5. The average molecular weight is 522 g/mol. The maximum absolute atomic E-state index is 14.3. The summed E-state index contributed by atoms with van der Waals surface area (Å²) in [5.41, 5.74) is 5.65. The van der Waals surface area contributed by atoms with E-state index in [1.54, 1.807) is 0 Å². The van der Waals surface area contributed by atoms with Gasteiger partial charge in [0, 0.05) is 38.5 Å². The predicted molar refractivity (Wildman–Crippen MR) is 144 cm³/mol. The van der Waals surface area contributed by atoms with Crippen LogP contribution in [0.5, 0.6) is 0 Å². The smallest absolute Gasteiger partial charge is 0.348 e. The Kier molecular flexibility index (Phi) is 7.89. The van der Waals surface area contributed by atoms with Crippen molar-refractivity contribution in [1.29, 1.82) is 0 Å². The maximum atomic E-state index is 14.3. The largest absolute Gasteiger partial charge is 0.459 e. The van der Waals surface area contributed by atoms with Crippen molar-refractivity contribution in [3.63, 3.8) is 0 Å². The molecule has 3 aliphatic rings. The van der Waals surface area contributed by atoms with Crippen LogP contribution in [0.15, 0.2) is 60.7 Å². The summed E-state index contributed by atoms with van der Waals surface area (Å²) in [5.74, 6) is -1.12. The number of nitrogens with two attached hydrogens (primary N) is 1. The lowest BCUT2D eigenvalue weighted by molar-refractivity contribution is -0.956. The zero-order valence-corrected chi connectivity index (χ0v) is 22.6. The van der Waals surface area contributed by atoms with Crippen LogP contribution >= 0.6 is 0 Å². The molecular weight excluding hydrogens is 480 g/mol. The molecule has 0 aliphatic carbocycles. The first-order valence-corrected chi connectivity index (χ1v) is 14.1. The first-order valence-electron chi connectivity index (χ1n) is 14.1. The van der Waals surface area contributed by atoms with Crippen LogP contribution in [0.3, 0.4) is 0 Å². The molecule has 3 unspecified atom stereocenters.